The number of hydrogen-bond acceptors (Lipinski definition) is 7. The van der Waals surface area contributed by atoms with Crippen molar-refractivity contribution in [2.24, 2.45) is 0 Å². The summed E-state index contributed by atoms with van der Waals surface area (Å²) in [5.41, 5.74) is 2.13. The van der Waals surface area contributed by atoms with Crippen molar-refractivity contribution in [3.05, 3.63) is 77.1 Å². The van der Waals surface area contributed by atoms with E-state index in [1.165, 1.54) is 35.6 Å². The largest absolute Gasteiger partial charge is 0.298 e. The molecule has 0 unspecified atom stereocenters. The number of thiazole rings is 2. The highest BCUT2D eigenvalue weighted by Gasteiger charge is 2.17. The molecule has 7 nitrogen and oxygen atoms in total. The van der Waals surface area contributed by atoms with Crippen LogP contribution in [0, 0.1) is 12.7 Å². The molecule has 33 heavy (non-hydrogen) atoms. The van der Waals surface area contributed by atoms with Gasteiger partial charge in [-0.2, -0.15) is 0 Å². The highest BCUT2D eigenvalue weighted by molar-refractivity contribution is 7.92. The van der Waals surface area contributed by atoms with Crippen LogP contribution in [0.5, 0.6) is 0 Å². The van der Waals surface area contributed by atoms with Crippen LogP contribution in [0.4, 0.5) is 15.2 Å². The Hall–Kier alpha value is -3.41. The Kier molecular flexibility index (Phi) is 5.31. The average molecular weight is 499 g/mol. The van der Waals surface area contributed by atoms with E-state index in [2.05, 4.69) is 20.0 Å². The second-order valence-electron chi connectivity index (χ2n) is 7.11. The van der Waals surface area contributed by atoms with Gasteiger partial charge in [0.1, 0.15) is 5.82 Å². The standard InChI is InChI=1S/C22H15FN4O3S3/c1-12-24-17-9-10-18-20(19(17)31-12)32-22(25-18)26-21(28)13-3-2-4-15(11-13)27-33(29,30)16-7-5-14(23)6-8-16/h2-11,27H,1H3,(H,25,26,28). The van der Waals surface area contributed by atoms with E-state index in [0.29, 0.717) is 5.13 Å². The molecule has 166 valence electrons. The van der Waals surface area contributed by atoms with Crippen molar-refractivity contribution in [3.8, 4) is 0 Å². The van der Waals surface area contributed by atoms with E-state index in [1.54, 1.807) is 23.5 Å². The first-order chi connectivity index (χ1) is 15.8. The number of fused-ring (bicyclic) bond motifs is 3. The van der Waals surface area contributed by atoms with Crippen molar-refractivity contribution < 1.29 is 17.6 Å². The van der Waals surface area contributed by atoms with Crippen LogP contribution in [-0.2, 0) is 10.0 Å². The summed E-state index contributed by atoms with van der Waals surface area (Å²) in [4.78, 5) is 21.7. The molecule has 0 fully saturated rings. The molecule has 11 heteroatoms. The summed E-state index contributed by atoms with van der Waals surface area (Å²) in [6, 6.07) is 14.3. The molecule has 2 N–H and O–H groups in total. The van der Waals surface area contributed by atoms with Crippen LogP contribution in [0.1, 0.15) is 15.4 Å². The fourth-order valence-corrected chi connectivity index (χ4v) is 6.31. The Labute approximate surface area is 196 Å². The average Bonchev–Trinajstić information content (AvgIpc) is 3.36. The molecule has 0 aliphatic rings. The minimum atomic E-state index is -3.93. The molecule has 0 bridgehead atoms. The van der Waals surface area contributed by atoms with Gasteiger partial charge in [0, 0.05) is 11.3 Å². The van der Waals surface area contributed by atoms with Crippen molar-refractivity contribution in [1.29, 1.82) is 0 Å². The predicted molar refractivity (Wildman–Crippen MR) is 129 cm³/mol. The van der Waals surface area contributed by atoms with Crippen LogP contribution in [0.15, 0.2) is 65.6 Å². The van der Waals surface area contributed by atoms with Crippen molar-refractivity contribution in [1.82, 2.24) is 9.97 Å². The molecule has 2 heterocycles. The van der Waals surface area contributed by atoms with Gasteiger partial charge < -0.3 is 0 Å². The van der Waals surface area contributed by atoms with Crippen LogP contribution in [0.25, 0.3) is 20.4 Å². The number of hydrogen-bond donors (Lipinski definition) is 2. The molecule has 0 radical (unpaired) electrons. The first-order valence-electron chi connectivity index (χ1n) is 9.65. The number of anilines is 2. The molecule has 2 aromatic heterocycles. The lowest BCUT2D eigenvalue weighted by molar-refractivity contribution is 0.102. The zero-order chi connectivity index (χ0) is 23.2. The molecule has 1 amide bonds. The van der Waals surface area contributed by atoms with Crippen LogP contribution >= 0.6 is 22.7 Å². The fourth-order valence-electron chi connectivity index (χ4n) is 3.26. The lowest BCUT2D eigenvalue weighted by atomic mass is 10.2. The summed E-state index contributed by atoms with van der Waals surface area (Å²) < 4.78 is 42.6. The van der Waals surface area contributed by atoms with E-state index in [4.69, 9.17) is 0 Å². The topological polar surface area (TPSA) is 101 Å². The summed E-state index contributed by atoms with van der Waals surface area (Å²) in [6.45, 7) is 1.94. The van der Waals surface area contributed by atoms with E-state index in [-0.39, 0.29) is 16.1 Å². The lowest BCUT2D eigenvalue weighted by Gasteiger charge is -2.09. The maximum Gasteiger partial charge on any atom is 0.261 e. The summed E-state index contributed by atoms with van der Waals surface area (Å²) in [7, 11) is -3.93. The van der Waals surface area contributed by atoms with Crippen molar-refractivity contribution in [3.63, 3.8) is 0 Å². The number of halogens is 1. The quantitative estimate of drug-likeness (QED) is 0.338. The number of carbonyl (C=O) groups is 1. The minimum absolute atomic E-state index is 0.0853. The molecule has 5 aromatic rings. The van der Waals surface area contributed by atoms with E-state index >= 15 is 0 Å². The molecule has 5 rings (SSSR count). The highest BCUT2D eigenvalue weighted by Crippen LogP contribution is 2.36. The summed E-state index contributed by atoms with van der Waals surface area (Å²) in [5.74, 6) is -0.956. The van der Waals surface area contributed by atoms with Gasteiger partial charge in [-0.15, -0.1) is 11.3 Å². The minimum Gasteiger partial charge on any atom is -0.298 e. The molecule has 0 spiro atoms. The highest BCUT2D eigenvalue weighted by atomic mass is 32.2. The Morgan fingerprint density at radius 3 is 2.39 bits per heavy atom. The molecular formula is C22H15FN4O3S3. The first kappa shape index (κ1) is 21.4. The van der Waals surface area contributed by atoms with Gasteiger partial charge in [0.15, 0.2) is 5.13 Å². The van der Waals surface area contributed by atoms with Crippen LogP contribution < -0.4 is 10.0 Å². The number of benzene rings is 3. The maximum atomic E-state index is 13.1. The van der Waals surface area contributed by atoms with Crippen molar-refractivity contribution in [2.45, 2.75) is 11.8 Å². The van der Waals surface area contributed by atoms with Gasteiger partial charge in [-0.3, -0.25) is 14.8 Å². The van der Waals surface area contributed by atoms with Gasteiger partial charge in [-0.05, 0) is 61.5 Å². The van der Waals surface area contributed by atoms with E-state index in [0.717, 1.165) is 37.6 Å². The molecule has 0 atom stereocenters. The van der Waals surface area contributed by atoms with Crippen LogP contribution in [-0.4, -0.2) is 24.3 Å². The predicted octanol–water partition coefficient (Wildman–Crippen LogP) is 5.41. The van der Waals surface area contributed by atoms with E-state index in [9.17, 15) is 17.6 Å². The third-order valence-electron chi connectivity index (χ3n) is 4.74. The summed E-state index contributed by atoms with van der Waals surface area (Å²) in [6.07, 6.45) is 0. The fraction of sp³-hybridized carbons (Fsp3) is 0.0455. The number of aryl methyl sites for hydroxylation is 1. The van der Waals surface area contributed by atoms with Gasteiger partial charge in [0.2, 0.25) is 0 Å². The van der Waals surface area contributed by atoms with Gasteiger partial charge in [-0.25, -0.2) is 22.8 Å². The normalized spacial score (nSPS) is 11.7. The van der Waals surface area contributed by atoms with Crippen LogP contribution in [0.2, 0.25) is 0 Å². The first-order valence-corrected chi connectivity index (χ1v) is 12.8. The van der Waals surface area contributed by atoms with Gasteiger partial charge in [0.05, 0.1) is 30.3 Å². The second-order valence-corrected chi connectivity index (χ2v) is 11.0. The zero-order valence-corrected chi connectivity index (χ0v) is 19.4. The SMILES string of the molecule is Cc1nc2ccc3nc(NC(=O)c4cccc(NS(=O)(=O)c5ccc(F)cc5)c4)sc3c2s1. The molecule has 0 saturated carbocycles. The number of aromatic nitrogens is 2. The Morgan fingerprint density at radius 1 is 0.939 bits per heavy atom. The molecule has 3 aromatic carbocycles. The van der Waals surface area contributed by atoms with Gasteiger partial charge in [-0.1, -0.05) is 17.4 Å². The Balaban J connectivity index is 1.38. The number of sulfonamides is 1. The molecule has 0 saturated heterocycles. The lowest BCUT2D eigenvalue weighted by Crippen LogP contribution is -2.15. The zero-order valence-electron chi connectivity index (χ0n) is 17.0. The number of amides is 1. The molecule has 0 aliphatic carbocycles. The second kappa shape index (κ2) is 8.18. The maximum absolute atomic E-state index is 13.1. The Morgan fingerprint density at radius 2 is 1.64 bits per heavy atom. The van der Waals surface area contributed by atoms with Crippen molar-refractivity contribution in [2.75, 3.05) is 10.0 Å². The van der Waals surface area contributed by atoms with E-state index in [1.807, 2.05) is 19.1 Å². The molecule has 0 aliphatic heterocycles. The third kappa shape index (κ3) is 4.30. The summed E-state index contributed by atoms with van der Waals surface area (Å²) >= 11 is 2.94. The number of carbonyl (C=O) groups excluding carboxylic acids is 1. The van der Waals surface area contributed by atoms with Crippen molar-refractivity contribution >= 4 is 69.9 Å². The summed E-state index contributed by atoms with van der Waals surface area (Å²) in [5, 5.41) is 4.17. The van der Waals surface area contributed by atoms with E-state index < -0.39 is 21.7 Å². The number of rotatable bonds is 5. The Bertz CT molecular complexity index is 1630. The van der Waals surface area contributed by atoms with Crippen LogP contribution in [0.3, 0.4) is 0 Å². The number of nitrogens with zero attached hydrogens (tertiary/aromatic N) is 2. The van der Waals surface area contributed by atoms with Gasteiger partial charge >= 0.3 is 0 Å². The monoisotopic (exact) mass is 498 g/mol. The molecular weight excluding hydrogens is 483 g/mol. The number of nitrogens with one attached hydrogen (secondary N) is 2. The smallest absolute Gasteiger partial charge is 0.261 e. The van der Waals surface area contributed by atoms with Gasteiger partial charge in [0.25, 0.3) is 15.9 Å². The third-order valence-corrected chi connectivity index (χ3v) is 8.27.